The number of halogens is 6. The smallest absolute Gasteiger partial charge is 0.277 e. The molecule has 0 amide bonds. The lowest BCUT2D eigenvalue weighted by Gasteiger charge is -2.00. The van der Waals surface area contributed by atoms with E-state index in [1.54, 1.807) is 18.2 Å². The number of nitrogens with zero attached hydrogens (tertiary/aromatic N) is 4. The van der Waals surface area contributed by atoms with Crippen molar-refractivity contribution in [3.05, 3.63) is 50.1 Å². The zero-order valence-electron chi connectivity index (χ0n) is 14.1. The molecule has 29 heavy (non-hydrogen) atoms. The summed E-state index contributed by atoms with van der Waals surface area (Å²) in [6.45, 7) is 0. The van der Waals surface area contributed by atoms with Crippen LogP contribution in [0.4, 0.5) is 11.6 Å². The Morgan fingerprint density at radius 2 is 1.55 bits per heavy atom. The third kappa shape index (κ3) is 9.30. The normalized spacial score (nSPS) is 10.1. The van der Waals surface area contributed by atoms with Crippen molar-refractivity contribution in [3.8, 4) is 6.07 Å². The lowest BCUT2D eigenvalue weighted by Crippen LogP contribution is -1.95. The average molecular weight is 604 g/mol. The summed E-state index contributed by atoms with van der Waals surface area (Å²) < 4.78 is -0.371. The number of nitrogens with two attached hydrogens (primary N) is 2. The highest BCUT2D eigenvalue weighted by atomic mass is 79.9. The third-order valence-corrected chi connectivity index (χ3v) is 4.24. The standard InChI is InChI=1S/C8H5BrClN3.C6H5BrN2O.C2Cl3N/c9-6-2-1-4-3-5(10)7(11)13-8(4)12-6;7-5-2-1-4(3-10)6(8)9-5;3-2(4,5)1-6/h1-3H,(H2,11,12,13);1-3H,(H2,8,9);. The largest absolute Gasteiger partial charge is 0.383 e. The number of nitriles is 1. The van der Waals surface area contributed by atoms with Crippen LogP contribution >= 0.6 is 78.3 Å². The van der Waals surface area contributed by atoms with E-state index in [4.69, 9.17) is 63.1 Å². The molecule has 0 aliphatic rings. The Bertz CT molecular complexity index is 1060. The fourth-order valence-corrected chi connectivity index (χ4v) is 2.36. The van der Waals surface area contributed by atoms with E-state index in [0.29, 0.717) is 32.9 Å². The van der Waals surface area contributed by atoms with Crippen molar-refractivity contribution in [2.45, 2.75) is 3.79 Å². The maximum Gasteiger partial charge on any atom is 0.277 e. The van der Waals surface area contributed by atoms with Crippen LogP contribution in [0.1, 0.15) is 10.4 Å². The molecule has 3 rings (SSSR count). The van der Waals surface area contributed by atoms with Gasteiger partial charge in [-0.3, -0.25) is 4.79 Å². The first kappa shape index (κ1) is 25.6. The van der Waals surface area contributed by atoms with E-state index < -0.39 is 3.79 Å². The number of aldehydes is 1. The first-order valence-electron chi connectivity index (χ1n) is 7.20. The van der Waals surface area contributed by atoms with Crippen LogP contribution in [0.25, 0.3) is 11.0 Å². The Balaban J connectivity index is 0.000000235. The average Bonchev–Trinajstić information content (AvgIpc) is 2.64. The molecule has 152 valence electrons. The van der Waals surface area contributed by atoms with E-state index in [1.165, 1.54) is 6.07 Å². The molecule has 0 radical (unpaired) electrons. The van der Waals surface area contributed by atoms with Crippen LogP contribution in [-0.2, 0) is 0 Å². The molecular weight excluding hydrogens is 594 g/mol. The number of anilines is 2. The van der Waals surface area contributed by atoms with Crippen LogP contribution < -0.4 is 11.5 Å². The fourth-order valence-electron chi connectivity index (χ4n) is 1.58. The Hall–Kier alpha value is -1.41. The maximum absolute atomic E-state index is 10.2. The van der Waals surface area contributed by atoms with Gasteiger partial charge in [-0.15, -0.1) is 0 Å². The second-order valence-electron chi connectivity index (χ2n) is 4.87. The number of hydrogen-bond donors (Lipinski definition) is 2. The molecule has 0 atom stereocenters. The molecule has 3 heterocycles. The summed E-state index contributed by atoms with van der Waals surface area (Å²) in [5.41, 5.74) is 11.9. The Kier molecular flexibility index (Phi) is 10.3. The number of carbonyl (C=O) groups is 1. The molecule has 0 bridgehead atoms. The van der Waals surface area contributed by atoms with Crippen LogP contribution in [0.2, 0.25) is 5.02 Å². The van der Waals surface area contributed by atoms with Crippen LogP contribution in [0.5, 0.6) is 0 Å². The van der Waals surface area contributed by atoms with E-state index in [-0.39, 0.29) is 5.82 Å². The Morgan fingerprint density at radius 3 is 2.07 bits per heavy atom. The van der Waals surface area contributed by atoms with Crippen LogP contribution in [-0.4, -0.2) is 25.0 Å². The number of alkyl halides is 3. The van der Waals surface area contributed by atoms with Crippen molar-refractivity contribution in [1.29, 1.82) is 5.26 Å². The molecule has 13 heteroatoms. The SMILES string of the molecule is N#CC(Cl)(Cl)Cl.Nc1nc(Br)ccc1C=O.Nc1nc2nc(Br)ccc2cc1Cl. The molecule has 4 N–H and O–H groups in total. The number of rotatable bonds is 1. The van der Waals surface area contributed by atoms with Crippen molar-refractivity contribution < 1.29 is 4.79 Å². The summed E-state index contributed by atoms with van der Waals surface area (Å²) in [6.07, 6.45) is 0.675. The number of carbonyl (C=O) groups excluding carboxylic acids is 1. The Morgan fingerprint density at radius 1 is 1.00 bits per heavy atom. The lowest BCUT2D eigenvalue weighted by atomic mass is 10.3. The van der Waals surface area contributed by atoms with Gasteiger partial charge in [0, 0.05) is 5.39 Å². The predicted octanol–water partition coefficient (Wildman–Crippen LogP) is 5.75. The van der Waals surface area contributed by atoms with E-state index in [1.807, 2.05) is 12.1 Å². The number of nitrogen functional groups attached to an aromatic ring is 2. The summed E-state index contributed by atoms with van der Waals surface area (Å²) in [5, 5.41) is 9.09. The predicted molar refractivity (Wildman–Crippen MR) is 124 cm³/mol. The van der Waals surface area contributed by atoms with E-state index in [0.717, 1.165) is 9.99 Å². The molecule has 0 aliphatic heterocycles. The number of pyridine rings is 3. The van der Waals surface area contributed by atoms with Gasteiger partial charge < -0.3 is 11.5 Å². The highest BCUT2D eigenvalue weighted by Gasteiger charge is 2.16. The first-order valence-corrected chi connectivity index (χ1v) is 10.3. The monoisotopic (exact) mass is 600 g/mol. The second-order valence-corrected chi connectivity index (χ2v) is 9.19. The third-order valence-electron chi connectivity index (χ3n) is 2.80. The van der Waals surface area contributed by atoms with Crippen LogP contribution in [0, 0.1) is 11.3 Å². The molecular formula is C16H10Br2Cl4N6O. The van der Waals surface area contributed by atoms with Crippen LogP contribution in [0.3, 0.4) is 0 Å². The van der Waals surface area contributed by atoms with Gasteiger partial charge in [-0.25, -0.2) is 15.0 Å². The van der Waals surface area contributed by atoms with Crippen molar-refractivity contribution in [2.75, 3.05) is 11.5 Å². The molecule has 0 fully saturated rings. The van der Waals surface area contributed by atoms with Gasteiger partial charge in [-0.05, 0) is 62.2 Å². The molecule has 3 aromatic rings. The minimum Gasteiger partial charge on any atom is -0.383 e. The van der Waals surface area contributed by atoms with Gasteiger partial charge in [0.1, 0.15) is 26.9 Å². The highest BCUT2D eigenvalue weighted by molar-refractivity contribution is 9.10. The van der Waals surface area contributed by atoms with Gasteiger partial charge in [0.25, 0.3) is 3.79 Å². The first-order chi connectivity index (χ1) is 13.5. The molecule has 0 saturated heterocycles. The van der Waals surface area contributed by atoms with Crippen LogP contribution in [0.15, 0.2) is 39.5 Å². The van der Waals surface area contributed by atoms with Crippen molar-refractivity contribution in [2.24, 2.45) is 0 Å². The molecule has 0 unspecified atom stereocenters. The number of fused-ring (bicyclic) bond motifs is 1. The second kappa shape index (κ2) is 11.7. The number of aromatic nitrogens is 3. The van der Waals surface area contributed by atoms with Crippen molar-refractivity contribution in [1.82, 2.24) is 15.0 Å². The van der Waals surface area contributed by atoms with Crippen molar-refractivity contribution in [3.63, 3.8) is 0 Å². The maximum atomic E-state index is 10.2. The summed E-state index contributed by atoms with van der Waals surface area (Å²) in [6, 6.07) is 10.1. The van der Waals surface area contributed by atoms with Gasteiger partial charge >= 0.3 is 0 Å². The minimum atomic E-state index is -1.74. The van der Waals surface area contributed by atoms with Gasteiger partial charge in [-0.2, -0.15) is 5.26 Å². The molecule has 0 spiro atoms. The molecule has 7 nitrogen and oxygen atoms in total. The van der Waals surface area contributed by atoms with Gasteiger partial charge in [0.05, 0.1) is 10.6 Å². The summed E-state index contributed by atoms with van der Waals surface area (Å²) in [5.74, 6) is 0.559. The Labute approximate surface area is 202 Å². The van der Waals surface area contributed by atoms with E-state index in [9.17, 15) is 4.79 Å². The highest BCUT2D eigenvalue weighted by Crippen LogP contribution is 2.23. The quantitative estimate of drug-likeness (QED) is 0.206. The summed E-state index contributed by atoms with van der Waals surface area (Å²) >= 11 is 26.8. The fraction of sp³-hybridized carbons (Fsp3) is 0.0625. The molecule has 3 aromatic heterocycles. The summed E-state index contributed by atoms with van der Waals surface area (Å²) in [7, 11) is 0. The zero-order chi connectivity index (χ0) is 22.2. The molecule has 0 saturated carbocycles. The summed E-state index contributed by atoms with van der Waals surface area (Å²) in [4.78, 5) is 22.2. The van der Waals surface area contributed by atoms with Gasteiger partial charge in [-0.1, -0.05) is 46.4 Å². The van der Waals surface area contributed by atoms with Crippen molar-refractivity contribution >= 4 is 107 Å². The lowest BCUT2D eigenvalue weighted by molar-refractivity contribution is 0.112. The minimum absolute atomic E-state index is 0.254. The van der Waals surface area contributed by atoms with E-state index >= 15 is 0 Å². The topological polar surface area (TPSA) is 132 Å². The zero-order valence-corrected chi connectivity index (χ0v) is 20.3. The number of hydrogen-bond acceptors (Lipinski definition) is 7. The molecule has 0 aromatic carbocycles. The van der Waals surface area contributed by atoms with Gasteiger partial charge in [0.15, 0.2) is 11.9 Å². The van der Waals surface area contributed by atoms with Gasteiger partial charge in [0.2, 0.25) is 0 Å². The van der Waals surface area contributed by atoms with E-state index in [2.05, 4.69) is 46.8 Å². The molecule has 0 aliphatic carbocycles.